The number of hydrogen-bond donors (Lipinski definition) is 1. The number of carbonyl (C=O) groups is 2. The Bertz CT molecular complexity index is 981. The lowest BCUT2D eigenvalue weighted by Gasteiger charge is -2.19. The van der Waals surface area contributed by atoms with Crippen LogP contribution in [0.4, 0.5) is 0 Å². The summed E-state index contributed by atoms with van der Waals surface area (Å²) in [6, 6.07) is 18.4. The van der Waals surface area contributed by atoms with E-state index < -0.39 is 6.04 Å². The lowest BCUT2D eigenvalue weighted by atomic mass is 10.0. The number of nitrogens with zero attached hydrogens (tertiary/aromatic N) is 1. The second-order valence-corrected chi connectivity index (χ2v) is 7.34. The lowest BCUT2D eigenvalue weighted by Crippen LogP contribution is -2.32. The number of ether oxygens (including phenoxy) is 1. The van der Waals surface area contributed by atoms with E-state index >= 15 is 0 Å². The molecule has 0 spiro atoms. The van der Waals surface area contributed by atoms with Crippen molar-refractivity contribution < 1.29 is 18.7 Å². The number of oxazole rings is 1. The molecule has 2 aromatic carbocycles. The molecular weight excluding hydrogens is 380 g/mol. The average molecular weight is 406 g/mol. The van der Waals surface area contributed by atoms with Gasteiger partial charge in [0.15, 0.2) is 0 Å². The minimum absolute atomic E-state index is 0.0565. The van der Waals surface area contributed by atoms with Crippen LogP contribution in [0.15, 0.2) is 65.1 Å². The quantitative estimate of drug-likeness (QED) is 0.561. The minimum Gasteiger partial charge on any atom is -0.463 e. The molecule has 0 fully saturated rings. The van der Waals surface area contributed by atoms with Gasteiger partial charge in [-0.05, 0) is 38.5 Å². The van der Waals surface area contributed by atoms with Gasteiger partial charge in [0.2, 0.25) is 11.8 Å². The summed E-state index contributed by atoms with van der Waals surface area (Å²) >= 11 is 0. The normalized spacial score (nSPS) is 11.9. The van der Waals surface area contributed by atoms with Crippen molar-refractivity contribution in [3.63, 3.8) is 0 Å². The third-order valence-electron chi connectivity index (χ3n) is 4.52. The molecule has 0 aliphatic heterocycles. The van der Waals surface area contributed by atoms with E-state index in [1.165, 1.54) is 0 Å². The van der Waals surface area contributed by atoms with Crippen molar-refractivity contribution in [1.29, 1.82) is 0 Å². The van der Waals surface area contributed by atoms with Crippen molar-refractivity contribution in [2.75, 3.05) is 0 Å². The monoisotopic (exact) mass is 406 g/mol. The number of nitrogens with one attached hydrogen (secondary N) is 1. The van der Waals surface area contributed by atoms with Gasteiger partial charge in [0.25, 0.3) is 0 Å². The first-order chi connectivity index (χ1) is 14.4. The molecule has 1 aromatic heterocycles. The molecule has 1 heterocycles. The molecule has 0 saturated heterocycles. The van der Waals surface area contributed by atoms with Gasteiger partial charge >= 0.3 is 5.97 Å². The number of aryl methyl sites for hydroxylation is 1. The van der Waals surface area contributed by atoms with Gasteiger partial charge in [0.05, 0.1) is 30.7 Å². The minimum atomic E-state index is -0.481. The topological polar surface area (TPSA) is 81.4 Å². The van der Waals surface area contributed by atoms with Crippen LogP contribution in [0, 0.1) is 6.92 Å². The number of carbonyl (C=O) groups excluding carboxylic acids is 2. The highest BCUT2D eigenvalue weighted by atomic mass is 16.5. The molecule has 1 N–H and O–H groups in total. The second-order valence-electron chi connectivity index (χ2n) is 7.34. The Morgan fingerprint density at radius 2 is 1.67 bits per heavy atom. The number of aromatic nitrogens is 1. The van der Waals surface area contributed by atoms with Crippen LogP contribution in [0.5, 0.6) is 0 Å². The molecule has 6 heteroatoms. The van der Waals surface area contributed by atoms with Crippen LogP contribution in [-0.2, 0) is 20.7 Å². The smallest absolute Gasteiger partial charge is 0.308 e. The van der Waals surface area contributed by atoms with E-state index in [1.807, 2.05) is 60.7 Å². The number of amides is 1. The Kier molecular flexibility index (Phi) is 7.01. The Morgan fingerprint density at radius 1 is 1.03 bits per heavy atom. The summed E-state index contributed by atoms with van der Waals surface area (Å²) in [5, 5.41) is 2.94. The van der Waals surface area contributed by atoms with E-state index in [0.29, 0.717) is 17.3 Å². The van der Waals surface area contributed by atoms with Gasteiger partial charge in [-0.3, -0.25) is 9.59 Å². The Hall–Kier alpha value is -3.41. The van der Waals surface area contributed by atoms with Crippen LogP contribution < -0.4 is 5.32 Å². The van der Waals surface area contributed by atoms with E-state index in [-0.39, 0.29) is 30.8 Å². The summed E-state index contributed by atoms with van der Waals surface area (Å²) < 4.78 is 11.0. The summed E-state index contributed by atoms with van der Waals surface area (Å²) in [7, 11) is 0. The van der Waals surface area contributed by atoms with Gasteiger partial charge in [-0.15, -0.1) is 0 Å². The maximum atomic E-state index is 12.8. The van der Waals surface area contributed by atoms with E-state index in [9.17, 15) is 9.59 Å². The van der Waals surface area contributed by atoms with Crippen molar-refractivity contribution in [3.8, 4) is 11.5 Å². The van der Waals surface area contributed by atoms with E-state index in [2.05, 4.69) is 10.3 Å². The summed E-state index contributed by atoms with van der Waals surface area (Å²) in [4.78, 5) is 29.4. The highest BCUT2D eigenvalue weighted by Gasteiger charge is 2.22. The molecule has 0 aliphatic carbocycles. The predicted octanol–water partition coefficient (Wildman–Crippen LogP) is 4.39. The molecule has 0 radical (unpaired) electrons. The molecule has 3 rings (SSSR count). The summed E-state index contributed by atoms with van der Waals surface area (Å²) in [5.74, 6) is 0.482. The fourth-order valence-electron chi connectivity index (χ4n) is 3.11. The molecular formula is C24H26N2O4. The SMILES string of the molecule is Cc1oc(-c2ccccc2)nc1CC(=O)NC(CC(=O)OC(C)C)c1ccccc1. The van der Waals surface area contributed by atoms with Crippen molar-refractivity contribution in [1.82, 2.24) is 10.3 Å². The third kappa shape index (κ3) is 5.80. The fraction of sp³-hybridized carbons (Fsp3) is 0.292. The largest absolute Gasteiger partial charge is 0.463 e. The molecule has 1 atom stereocenters. The summed E-state index contributed by atoms with van der Waals surface area (Å²) in [5.41, 5.74) is 2.27. The molecule has 3 aromatic rings. The first kappa shape index (κ1) is 21.3. The predicted molar refractivity (Wildman–Crippen MR) is 114 cm³/mol. The fourth-order valence-corrected chi connectivity index (χ4v) is 3.11. The first-order valence-corrected chi connectivity index (χ1v) is 9.98. The number of esters is 1. The van der Waals surface area contributed by atoms with Gasteiger partial charge in [0.1, 0.15) is 5.76 Å². The van der Waals surface area contributed by atoms with Crippen molar-refractivity contribution in [2.45, 2.75) is 45.8 Å². The zero-order valence-corrected chi connectivity index (χ0v) is 17.4. The van der Waals surface area contributed by atoms with E-state index in [4.69, 9.17) is 9.15 Å². The van der Waals surface area contributed by atoms with Crippen molar-refractivity contribution >= 4 is 11.9 Å². The molecule has 1 unspecified atom stereocenters. The summed E-state index contributed by atoms with van der Waals surface area (Å²) in [6.07, 6.45) is -0.0926. The van der Waals surface area contributed by atoms with Crippen LogP contribution in [0.2, 0.25) is 0 Å². The van der Waals surface area contributed by atoms with Crippen LogP contribution in [-0.4, -0.2) is 23.0 Å². The Balaban J connectivity index is 1.71. The van der Waals surface area contributed by atoms with Crippen LogP contribution >= 0.6 is 0 Å². The standard InChI is InChI=1S/C24H26N2O4/c1-16(2)29-23(28)15-21(18-10-6-4-7-11-18)25-22(27)14-20-17(3)30-24(26-20)19-12-8-5-9-13-19/h4-13,16,21H,14-15H2,1-3H3,(H,25,27). The Morgan fingerprint density at radius 3 is 2.30 bits per heavy atom. The highest BCUT2D eigenvalue weighted by molar-refractivity contribution is 5.80. The third-order valence-corrected chi connectivity index (χ3v) is 4.52. The molecule has 6 nitrogen and oxygen atoms in total. The highest BCUT2D eigenvalue weighted by Crippen LogP contribution is 2.22. The Labute approximate surface area is 176 Å². The van der Waals surface area contributed by atoms with Crippen LogP contribution in [0.3, 0.4) is 0 Å². The molecule has 0 bridgehead atoms. The maximum Gasteiger partial charge on any atom is 0.308 e. The number of hydrogen-bond acceptors (Lipinski definition) is 5. The van der Waals surface area contributed by atoms with Gasteiger partial charge in [-0.1, -0.05) is 48.5 Å². The lowest BCUT2D eigenvalue weighted by molar-refractivity contribution is -0.148. The van der Waals surface area contributed by atoms with Crippen molar-refractivity contribution in [3.05, 3.63) is 77.7 Å². The number of rotatable bonds is 8. The molecule has 1 amide bonds. The van der Waals surface area contributed by atoms with E-state index in [0.717, 1.165) is 11.1 Å². The van der Waals surface area contributed by atoms with Crippen LogP contribution in [0.1, 0.15) is 43.3 Å². The summed E-state index contributed by atoms with van der Waals surface area (Å²) in [6.45, 7) is 5.38. The molecule has 156 valence electrons. The zero-order valence-electron chi connectivity index (χ0n) is 17.4. The molecule has 30 heavy (non-hydrogen) atoms. The first-order valence-electron chi connectivity index (χ1n) is 9.98. The second kappa shape index (κ2) is 9.87. The van der Waals surface area contributed by atoms with Gasteiger partial charge < -0.3 is 14.5 Å². The van der Waals surface area contributed by atoms with Crippen molar-refractivity contribution in [2.24, 2.45) is 0 Å². The zero-order chi connectivity index (χ0) is 21.5. The number of benzene rings is 2. The van der Waals surface area contributed by atoms with Gasteiger partial charge in [-0.25, -0.2) is 4.98 Å². The average Bonchev–Trinajstić information content (AvgIpc) is 3.08. The maximum absolute atomic E-state index is 12.8. The van der Waals surface area contributed by atoms with Crippen LogP contribution in [0.25, 0.3) is 11.5 Å². The van der Waals surface area contributed by atoms with E-state index in [1.54, 1.807) is 20.8 Å². The molecule has 0 saturated carbocycles. The van der Waals surface area contributed by atoms with Gasteiger partial charge in [-0.2, -0.15) is 0 Å². The van der Waals surface area contributed by atoms with Gasteiger partial charge in [0, 0.05) is 5.56 Å². The molecule has 0 aliphatic rings.